The summed E-state index contributed by atoms with van der Waals surface area (Å²) in [7, 11) is 1.47. The Kier molecular flexibility index (Phi) is 5.02. The third-order valence-electron chi connectivity index (χ3n) is 3.24. The summed E-state index contributed by atoms with van der Waals surface area (Å²) < 4.78 is 0. The molecule has 0 aromatic rings. The quantitative estimate of drug-likeness (QED) is 0.745. The largest absolute Gasteiger partial charge is 0.480 e. The molecule has 1 heterocycles. The third-order valence-corrected chi connectivity index (χ3v) is 3.24. The van der Waals surface area contributed by atoms with Crippen LogP contribution in [0.25, 0.3) is 0 Å². The first-order valence-corrected chi connectivity index (χ1v) is 6.24. The summed E-state index contributed by atoms with van der Waals surface area (Å²) in [5.41, 5.74) is 0.191. The summed E-state index contributed by atoms with van der Waals surface area (Å²) in [5.74, 6) is -1.92. The minimum absolute atomic E-state index is 0.159. The van der Waals surface area contributed by atoms with Crippen molar-refractivity contribution in [2.75, 3.05) is 7.05 Å². The highest BCUT2D eigenvalue weighted by molar-refractivity contribution is 6.39. The third kappa shape index (κ3) is 3.77. The molecular weight excluding hydrogens is 250 g/mol. The number of carbonyl (C=O) groups is 3. The lowest BCUT2D eigenvalue weighted by Gasteiger charge is -2.23. The van der Waals surface area contributed by atoms with Gasteiger partial charge in [-0.3, -0.25) is 9.59 Å². The Balaban J connectivity index is 2.75. The Morgan fingerprint density at radius 1 is 1.47 bits per heavy atom. The Hall–Kier alpha value is -1.92. The molecule has 0 radical (unpaired) electrons. The van der Waals surface area contributed by atoms with Crippen molar-refractivity contribution in [2.45, 2.75) is 39.2 Å². The maximum absolute atomic E-state index is 11.9. The zero-order valence-electron chi connectivity index (χ0n) is 11.3. The summed E-state index contributed by atoms with van der Waals surface area (Å²) in [6.07, 6.45) is 1.09. The summed E-state index contributed by atoms with van der Waals surface area (Å²) >= 11 is 0. The lowest BCUT2D eigenvalue weighted by atomic mass is 9.99. The first kappa shape index (κ1) is 15.1. The molecule has 0 aromatic heterocycles. The summed E-state index contributed by atoms with van der Waals surface area (Å²) in [6, 6.07) is -0.942. The molecule has 0 spiro atoms. The molecule has 0 fully saturated rings. The van der Waals surface area contributed by atoms with Gasteiger partial charge in [-0.15, -0.1) is 0 Å². The Morgan fingerprint density at radius 2 is 2.11 bits per heavy atom. The van der Waals surface area contributed by atoms with E-state index in [1.807, 2.05) is 6.92 Å². The molecule has 0 aliphatic carbocycles. The van der Waals surface area contributed by atoms with E-state index in [9.17, 15) is 14.4 Å². The molecule has 0 saturated carbocycles. The number of hydrogen-bond donors (Lipinski definition) is 2. The van der Waals surface area contributed by atoms with Gasteiger partial charge in [-0.1, -0.05) is 20.3 Å². The zero-order valence-corrected chi connectivity index (χ0v) is 11.3. The summed E-state index contributed by atoms with van der Waals surface area (Å²) in [6.45, 7) is 3.62. The van der Waals surface area contributed by atoms with Gasteiger partial charge >= 0.3 is 5.97 Å². The van der Waals surface area contributed by atoms with Crippen LogP contribution in [0.2, 0.25) is 0 Å². The lowest BCUT2D eigenvalue weighted by molar-refractivity contribution is -0.142. The molecule has 2 N–H and O–H groups in total. The molecule has 7 nitrogen and oxygen atoms in total. The molecule has 2 amide bonds. The molecule has 1 aliphatic rings. The van der Waals surface area contributed by atoms with Crippen LogP contribution in [0, 0.1) is 5.92 Å². The van der Waals surface area contributed by atoms with E-state index in [0.717, 1.165) is 5.01 Å². The van der Waals surface area contributed by atoms with Crippen LogP contribution in [-0.4, -0.2) is 46.7 Å². The van der Waals surface area contributed by atoms with Crippen molar-refractivity contribution in [2.24, 2.45) is 11.0 Å². The van der Waals surface area contributed by atoms with Gasteiger partial charge in [0.15, 0.2) is 0 Å². The molecule has 106 valence electrons. The first-order chi connectivity index (χ1) is 8.86. The molecule has 0 saturated heterocycles. The molecule has 1 aliphatic heterocycles. The van der Waals surface area contributed by atoms with Gasteiger partial charge in [-0.2, -0.15) is 5.10 Å². The average Bonchev–Trinajstić information content (AvgIpc) is 2.37. The van der Waals surface area contributed by atoms with Crippen LogP contribution in [0.5, 0.6) is 0 Å². The summed E-state index contributed by atoms with van der Waals surface area (Å²) in [4.78, 5) is 34.3. The second-order valence-electron chi connectivity index (χ2n) is 4.64. The van der Waals surface area contributed by atoms with Crippen molar-refractivity contribution in [3.8, 4) is 0 Å². The number of aliphatic carboxylic acids is 1. The van der Waals surface area contributed by atoms with Gasteiger partial charge < -0.3 is 10.4 Å². The van der Waals surface area contributed by atoms with Crippen LogP contribution in [0.15, 0.2) is 5.10 Å². The fourth-order valence-corrected chi connectivity index (χ4v) is 1.74. The van der Waals surface area contributed by atoms with Crippen LogP contribution in [0.3, 0.4) is 0 Å². The second kappa shape index (κ2) is 6.31. The van der Waals surface area contributed by atoms with Gasteiger partial charge in [0, 0.05) is 19.9 Å². The van der Waals surface area contributed by atoms with E-state index in [-0.39, 0.29) is 30.4 Å². The number of carbonyl (C=O) groups excluding carboxylic acids is 2. The van der Waals surface area contributed by atoms with Crippen LogP contribution in [0.4, 0.5) is 0 Å². The van der Waals surface area contributed by atoms with Crippen LogP contribution < -0.4 is 5.32 Å². The highest BCUT2D eigenvalue weighted by Crippen LogP contribution is 2.10. The molecule has 19 heavy (non-hydrogen) atoms. The Bertz CT molecular complexity index is 419. The van der Waals surface area contributed by atoms with Crippen molar-refractivity contribution >= 4 is 23.5 Å². The van der Waals surface area contributed by atoms with E-state index < -0.39 is 17.9 Å². The average molecular weight is 269 g/mol. The minimum atomic E-state index is -1.07. The number of hydrazone groups is 1. The van der Waals surface area contributed by atoms with Crippen LogP contribution in [0.1, 0.15) is 33.1 Å². The van der Waals surface area contributed by atoms with Crippen LogP contribution >= 0.6 is 0 Å². The van der Waals surface area contributed by atoms with Gasteiger partial charge in [0.05, 0.1) is 0 Å². The number of nitrogens with zero attached hydrogens (tertiary/aromatic N) is 2. The monoisotopic (exact) mass is 269 g/mol. The van der Waals surface area contributed by atoms with Gasteiger partial charge in [0.2, 0.25) is 5.91 Å². The van der Waals surface area contributed by atoms with Gasteiger partial charge in [-0.05, 0) is 5.92 Å². The topological polar surface area (TPSA) is 99.1 Å². The normalized spacial score (nSPS) is 18.6. The van der Waals surface area contributed by atoms with Crippen molar-refractivity contribution < 1.29 is 19.5 Å². The zero-order chi connectivity index (χ0) is 14.6. The molecule has 7 heteroatoms. The van der Waals surface area contributed by atoms with Crippen LogP contribution in [-0.2, 0) is 14.4 Å². The molecular formula is C12H19N3O4. The number of carboxylic acids is 1. The predicted molar refractivity (Wildman–Crippen MR) is 68.5 cm³/mol. The number of amides is 2. The van der Waals surface area contributed by atoms with Gasteiger partial charge in [0.1, 0.15) is 11.8 Å². The number of rotatable bonds is 5. The maximum atomic E-state index is 11.9. The molecule has 1 unspecified atom stereocenters. The van der Waals surface area contributed by atoms with E-state index in [0.29, 0.717) is 6.42 Å². The Labute approximate surface area is 111 Å². The Morgan fingerprint density at radius 3 is 2.58 bits per heavy atom. The fraction of sp³-hybridized carbons (Fsp3) is 0.667. The van der Waals surface area contributed by atoms with Crippen molar-refractivity contribution in [1.82, 2.24) is 10.3 Å². The second-order valence-corrected chi connectivity index (χ2v) is 4.64. The van der Waals surface area contributed by atoms with Crippen molar-refractivity contribution in [1.29, 1.82) is 0 Å². The minimum Gasteiger partial charge on any atom is -0.480 e. The smallest absolute Gasteiger partial charge is 0.326 e. The number of nitrogens with one attached hydrogen (secondary N) is 1. The fourth-order valence-electron chi connectivity index (χ4n) is 1.74. The number of carboxylic acid groups (broad SMARTS) is 1. The molecule has 0 aromatic carbocycles. The van der Waals surface area contributed by atoms with E-state index in [1.54, 1.807) is 6.92 Å². The maximum Gasteiger partial charge on any atom is 0.326 e. The van der Waals surface area contributed by atoms with Crippen molar-refractivity contribution in [3.63, 3.8) is 0 Å². The van der Waals surface area contributed by atoms with Gasteiger partial charge in [-0.25, -0.2) is 9.80 Å². The SMILES string of the molecule is CCC(C)[C@H](NC(=O)C1=NN(C)C(=O)CC1)C(=O)O. The molecule has 2 atom stereocenters. The predicted octanol–water partition coefficient (Wildman–Crippen LogP) is 0.210. The van der Waals surface area contributed by atoms with Crippen molar-refractivity contribution in [3.05, 3.63) is 0 Å². The number of hydrogen-bond acceptors (Lipinski definition) is 4. The summed E-state index contributed by atoms with van der Waals surface area (Å²) in [5, 5.41) is 16.5. The van der Waals surface area contributed by atoms with Gasteiger partial charge in [0.25, 0.3) is 5.91 Å². The van der Waals surface area contributed by atoms with E-state index >= 15 is 0 Å². The lowest BCUT2D eigenvalue weighted by Crippen LogP contribution is -2.48. The van der Waals surface area contributed by atoms with E-state index in [2.05, 4.69) is 10.4 Å². The standard InChI is InChI=1S/C12H19N3O4/c1-4-7(2)10(12(18)19)13-11(17)8-5-6-9(16)15(3)14-8/h7,10H,4-6H2,1-3H3,(H,13,17)(H,18,19)/t7?,10-/m0/s1. The highest BCUT2D eigenvalue weighted by Gasteiger charge is 2.29. The molecule has 1 rings (SSSR count). The molecule has 0 bridgehead atoms. The first-order valence-electron chi connectivity index (χ1n) is 6.24. The van der Waals surface area contributed by atoms with E-state index in [1.165, 1.54) is 7.05 Å². The highest BCUT2D eigenvalue weighted by atomic mass is 16.4. The van der Waals surface area contributed by atoms with E-state index in [4.69, 9.17) is 5.11 Å².